The number of hydrogen-bond acceptors (Lipinski definition) is 2. The van der Waals surface area contributed by atoms with Gasteiger partial charge >= 0.3 is 0 Å². The molecule has 1 aromatic heterocycles. The number of aromatic nitrogens is 2. The number of nitrogens with zero attached hydrogens (tertiary/aromatic N) is 2. The molecule has 2 aromatic carbocycles. The quantitative estimate of drug-likeness (QED) is 0.674. The van der Waals surface area contributed by atoms with Crippen molar-refractivity contribution in [1.29, 1.82) is 0 Å². The van der Waals surface area contributed by atoms with E-state index < -0.39 is 0 Å². The molecule has 1 heterocycles. The van der Waals surface area contributed by atoms with Crippen LogP contribution in [0.2, 0.25) is 10.0 Å². The summed E-state index contributed by atoms with van der Waals surface area (Å²) in [7, 11) is 1.91. The summed E-state index contributed by atoms with van der Waals surface area (Å²) >= 11 is 12.3. The summed E-state index contributed by atoms with van der Waals surface area (Å²) in [4.78, 5) is 0. The van der Waals surface area contributed by atoms with Crippen molar-refractivity contribution in [1.82, 2.24) is 9.78 Å². The predicted molar refractivity (Wildman–Crippen MR) is 89.4 cm³/mol. The SMILES string of the molecule is Cn1nccc1-c1cccc(OCc2c(Cl)cccc2Cl)c1. The fraction of sp³-hybridized carbons (Fsp3) is 0.118. The van der Waals surface area contributed by atoms with Gasteiger partial charge in [0.25, 0.3) is 0 Å². The predicted octanol–water partition coefficient (Wildman–Crippen LogP) is 4.97. The molecule has 5 heteroatoms. The first-order valence-corrected chi connectivity index (χ1v) is 7.55. The minimum absolute atomic E-state index is 0.327. The molecule has 0 bridgehead atoms. The lowest BCUT2D eigenvalue weighted by Gasteiger charge is -2.10. The molecular weight excluding hydrogens is 319 g/mol. The minimum atomic E-state index is 0.327. The second-order valence-corrected chi connectivity index (χ2v) is 5.67. The third-order valence-electron chi connectivity index (χ3n) is 3.40. The Morgan fingerprint density at radius 2 is 1.77 bits per heavy atom. The Hall–Kier alpha value is -1.97. The zero-order valence-corrected chi connectivity index (χ0v) is 13.5. The van der Waals surface area contributed by atoms with Gasteiger partial charge in [0, 0.05) is 34.4 Å². The summed E-state index contributed by atoms with van der Waals surface area (Å²) in [6, 6.07) is 15.2. The van der Waals surface area contributed by atoms with Crippen LogP contribution < -0.4 is 4.74 Å². The summed E-state index contributed by atoms with van der Waals surface area (Å²) in [6.07, 6.45) is 1.77. The van der Waals surface area contributed by atoms with Crippen LogP contribution in [0.4, 0.5) is 0 Å². The van der Waals surface area contributed by atoms with Crippen LogP contribution in [0.15, 0.2) is 54.7 Å². The largest absolute Gasteiger partial charge is 0.489 e. The topological polar surface area (TPSA) is 27.1 Å². The van der Waals surface area contributed by atoms with Crippen molar-refractivity contribution in [2.75, 3.05) is 0 Å². The smallest absolute Gasteiger partial charge is 0.120 e. The number of halogens is 2. The molecular formula is C17H14Cl2N2O. The molecule has 0 unspecified atom stereocenters. The average Bonchev–Trinajstić information content (AvgIpc) is 2.93. The molecule has 0 atom stereocenters. The molecule has 3 rings (SSSR count). The van der Waals surface area contributed by atoms with Crippen molar-refractivity contribution < 1.29 is 4.74 Å². The van der Waals surface area contributed by atoms with E-state index >= 15 is 0 Å². The van der Waals surface area contributed by atoms with Crippen molar-refractivity contribution in [2.24, 2.45) is 7.05 Å². The van der Waals surface area contributed by atoms with Gasteiger partial charge in [-0.15, -0.1) is 0 Å². The van der Waals surface area contributed by atoms with Crippen LogP contribution in [0, 0.1) is 0 Å². The normalized spacial score (nSPS) is 10.7. The number of ether oxygens (including phenoxy) is 1. The van der Waals surface area contributed by atoms with E-state index in [1.807, 2.05) is 48.1 Å². The van der Waals surface area contributed by atoms with Crippen molar-refractivity contribution in [2.45, 2.75) is 6.61 Å². The van der Waals surface area contributed by atoms with Gasteiger partial charge in [-0.05, 0) is 30.3 Å². The van der Waals surface area contributed by atoms with Crippen LogP contribution in [-0.2, 0) is 13.7 Å². The summed E-state index contributed by atoms with van der Waals surface area (Å²) < 4.78 is 7.66. The Labute approximate surface area is 139 Å². The first-order chi connectivity index (χ1) is 10.6. The van der Waals surface area contributed by atoms with Crippen LogP contribution in [0.25, 0.3) is 11.3 Å². The monoisotopic (exact) mass is 332 g/mol. The molecule has 0 spiro atoms. The van der Waals surface area contributed by atoms with Crippen LogP contribution in [-0.4, -0.2) is 9.78 Å². The lowest BCUT2D eigenvalue weighted by Crippen LogP contribution is -1.98. The van der Waals surface area contributed by atoms with E-state index in [1.165, 1.54) is 0 Å². The second-order valence-electron chi connectivity index (χ2n) is 4.86. The molecule has 0 aliphatic carbocycles. The molecule has 22 heavy (non-hydrogen) atoms. The second kappa shape index (κ2) is 6.42. The maximum Gasteiger partial charge on any atom is 0.120 e. The van der Waals surface area contributed by atoms with Crippen molar-refractivity contribution in [3.05, 3.63) is 70.3 Å². The molecule has 0 saturated heterocycles. The van der Waals surface area contributed by atoms with Crippen LogP contribution in [0.3, 0.4) is 0 Å². The van der Waals surface area contributed by atoms with Gasteiger partial charge in [0.15, 0.2) is 0 Å². The third-order valence-corrected chi connectivity index (χ3v) is 4.10. The van der Waals surface area contributed by atoms with E-state index in [0.29, 0.717) is 16.7 Å². The highest BCUT2D eigenvalue weighted by Crippen LogP contribution is 2.27. The number of rotatable bonds is 4. The van der Waals surface area contributed by atoms with Gasteiger partial charge in [0.2, 0.25) is 0 Å². The molecule has 0 amide bonds. The average molecular weight is 333 g/mol. The van der Waals surface area contributed by atoms with Gasteiger partial charge < -0.3 is 4.74 Å². The highest BCUT2D eigenvalue weighted by atomic mass is 35.5. The minimum Gasteiger partial charge on any atom is -0.489 e. The molecule has 0 aliphatic heterocycles. The maximum absolute atomic E-state index is 6.15. The number of benzene rings is 2. The molecule has 0 fully saturated rings. The number of hydrogen-bond donors (Lipinski definition) is 0. The van der Waals surface area contributed by atoms with Crippen molar-refractivity contribution in [3.8, 4) is 17.0 Å². The Morgan fingerprint density at radius 3 is 2.45 bits per heavy atom. The molecule has 0 radical (unpaired) electrons. The van der Waals surface area contributed by atoms with Crippen LogP contribution in [0.5, 0.6) is 5.75 Å². The molecule has 3 aromatic rings. The highest BCUT2D eigenvalue weighted by Gasteiger charge is 2.08. The van der Waals surface area contributed by atoms with Crippen molar-refractivity contribution in [3.63, 3.8) is 0 Å². The van der Waals surface area contributed by atoms with E-state index in [0.717, 1.165) is 22.6 Å². The molecule has 112 valence electrons. The first-order valence-electron chi connectivity index (χ1n) is 6.79. The number of aryl methyl sites for hydroxylation is 1. The lowest BCUT2D eigenvalue weighted by atomic mass is 10.1. The van der Waals surface area contributed by atoms with Crippen LogP contribution >= 0.6 is 23.2 Å². The van der Waals surface area contributed by atoms with Crippen molar-refractivity contribution >= 4 is 23.2 Å². The summed E-state index contributed by atoms with van der Waals surface area (Å²) in [5.41, 5.74) is 2.86. The Kier molecular flexibility index (Phi) is 4.36. The van der Waals surface area contributed by atoms with Gasteiger partial charge in [0.1, 0.15) is 12.4 Å². The van der Waals surface area contributed by atoms with Gasteiger partial charge in [0.05, 0.1) is 5.69 Å². The van der Waals surface area contributed by atoms with Gasteiger partial charge in [-0.1, -0.05) is 41.4 Å². The first kappa shape index (κ1) is 14.9. The Morgan fingerprint density at radius 1 is 1.05 bits per heavy atom. The zero-order valence-electron chi connectivity index (χ0n) is 12.0. The summed E-state index contributed by atoms with van der Waals surface area (Å²) in [5.74, 6) is 0.759. The van der Waals surface area contributed by atoms with Crippen LogP contribution in [0.1, 0.15) is 5.56 Å². The Bertz CT molecular complexity index is 779. The summed E-state index contributed by atoms with van der Waals surface area (Å²) in [5, 5.41) is 5.39. The van der Waals surface area contributed by atoms with E-state index in [9.17, 15) is 0 Å². The Balaban J connectivity index is 1.81. The van der Waals surface area contributed by atoms with Gasteiger partial charge in [-0.3, -0.25) is 4.68 Å². The fourth-order valence-electron chi connectivity index (χ4n) is 2.23. The standard InChI is InChI=1S/C17H14Cl2N2O/c1-21-17(8-9-20-21)12-4-2-5-13(10-12)22-11-14-15(18)6-3-7-16(14)19/h2-10H,11H2,1H3. The van der Waals surface area contributed by atoms with E-state index in [1.54, 1.807) is 18.3 Å². The summed E-state index contributed by atoms with van der Waals surface area (Å²) in [6.45, 7) is 0.327. The van der Waals surface area contributed by atoms with E-state index in [4.69, 9.17) is 27.9 Å². The zero-order chi connectivity index (χ0) is 15.5. The van der Waals surface area contributed by atoms with E-state index in [2.05, 4.69) is 5.10 Å². The lowest BCUT2D eigenvalue weighted by molar-refractivity contribution is 0.306. The third kappa shape index (κ3) is 3.11. The highest BCUT2D eigenvalue weighted by molar-refractivity contribution is 6.35. The molecule has 0 N–H and O–H groups in total. The van der Waals surface area contributed by atoms with Gasteiger partial charge in [-0.25, -0.2) is 0 Å². The molecule has 0 aliphatic rings. The maximum atomic E-state index is 6.15. The van der Waals surface area contributed by atoms with E-state index in [-0.39, 0.29) is 0 Å². The van der Waals surface area contributed by atoms with Gasteiger partial charge in [-0.2, -0.15) is 5.10 Å². The molecule has 0 saturated carbocycles. The molecule has 3 nitrogen and oxygen atoms in total. The fourth-order valence-corrected chi connectivity index (χ4v) is 2.73.